The summed E-state index contributed by atoms with van der Waals surface area (Å²) in [5.74, 6) is 1.57. The highest BCUT2D eigenvalue weighted by molar-refractivity contribution is 6.05. The Morgan fingerprint density at radius 2 is 1.57 bits per heavy atom. The van der Waals surface area contributed by atoms with Crippen LogP contribution < -0.4 is 15.5 Å². The van der Waals surface area contributed by atoms with Crippen molar-refractivity contribution in [3.63, 3.8) is 0 Å². The van der Waals surface area contributed by atoms with Gasteiger partial charge in [-0.25, -0.2) is 0 Å². The third-order valence-electron chi connectivity index (χ3n) is 12.9. The quantitative estimate of drug-likeness (QED) is 0.295. The number of carbonyl (C=O) groups is 3. The summed E-state index contributed by atoms with van der Waals surface area (Å²) in [6.07, 6.45) is 5.45. The predicted octanol–water partition coefficient (Wildman–Crippen LogP) is 3.12. The number of amides is 3. The lowest BCUT2D eigenvalue weighted by atomic mass is 9.87. The van der Waals surface area contributed by atoms with E-state index in [0.717, 1.165) is 88.2 Å². The van der Waals surface area contributed by atoms with Crippen LogP contribution in [0.5, 0.6) is 5.75 Å². The summed E-state index contributed by atoms with van der Waals surface area (Å²) < 4.78 is 0. The number of para-hydroxylation sites is 1. The third-order valence-corrected chi connectivity index (χ3v) is 12.9. The van der Waals surface area contributed by atoms with Crippen molar-refractivity contribution in [2.75, 3.05) is 82.2 Å². The number of nitrogens with zero attached hydrogens (tertiary/aromatic N) is 7. The first-order valence-corrected chi connectivity index (χ1v) is 20.0. The summed E-state index contributed by atoms with van der Waals surface area (Å²) in [7, 11) is 0. The molecule has 6 aliphatic heterocycles. The molecule has 0 spiro atoms. The van der Waals surface area contributed by atoms with E-state index >= 15 is 0 Å². The average molecular weight is 734 g/mol. The Morgan fingerprint density at radius 3 is 2.39 bits per heavy atom. The standard InChI is InChI=1S/C41H51N9O4/c51-37-4-2-1-3-33(37)34-22-36-39(45-44-34)42-23-31-26-48(19-20-49(31)36)18-17-46-13-9-27(10-14-46)24-47-15-11-28(12-16-47)29-5-6-32-30(21-29)25-50(41(32)54)35-7-8-38(52)43-40(35)53/h1-6,21-22,27-28,31,35,51H,7-20,23-26H2,(H,42,45)(H,43,52,53). The second-order valence-corrected chi connectivity index (χ2v) is 16.2. The normalized spacial score (nSPS) is 24.6. The average Bonchev–Trinajstić information content (AvgIpc) is 3.52. The van der Waals surface area contributed by atoms with Gasteiger partial charge in [0, 0.05) is 69.9 Å². The van der Waals surface area contributed by atoms with E-state index in [1.807, 2.05) is 24.3 Å². The molecule has 0 bridgehead atoms. The number of piperidine rings is 3. The molecule has 1 aromatic heterocycles. The molecule has 7 heterocycles. The Balaban J connectivity index is 0.703. The first kappa shape index (κ1) is 35.1. The number of imide groups is 1. The van der Waals surface area contributed by atoms with E-state index in [4.69, 9.17) is 0 Å². The van der Waals surface area contributed by atoms with Crippen molar-refractivity contribution in [1.82, 2.24) is 35.1 Å². The number of likely N-dealkylation sites (tertiary alicyclic amines) is 2. The Bertz CT molecular complexity index is 1910. The number of phenolic OH excluding ortho intramolecular Hbond substituents is 1. The minimum atomic E-state index is -0.569. The summed E-state index contributed by atoms with van der Waals surface area (Å²) >= 11 is 0. The molecule has 4 fully saturated rings. The molecule has 9 rings (SSSR count). The Kier molecular flexibility index (Phi) is 9.70. The number of hydrogen-bond acceptors (Lipinski definition) is 11. The molecule has 3 amide bonds. The zero-order valence-corrected chi connectivity index (χ0v) is 31.0. The van der Waals surface area contributed by atoms with E-state index in [1.54, 1.807) is 11.0 Å². The van der Waals surface area contributed by atoms with Gasteiger partial charge in [0.05, 0.1) is 17.4 Å². The maximum absolute atomic E-state index is 13.1. The van der Waals surface area contributed by atoms with Gasteiger partial charge in [-0.1, -0.05) is 24.3 Å². The fourth-order valence-electron chi connectivity index (χ4n) is 9.72. The monoisotopic (exact) mass is 733 g/mol. The smallest absolute Gasteiger partial charge is 0.255 e. The Morgan fingerprint density at radius 1 is 0.778 bits per heavy atom. The Hall–Kier alpha value is -4.59. The second kappa shape index (κ2) is 14.9. The van der Waals surface area contributed by atoms with Crippen molar-refractivity contribution >= 4 is 29.2 Å². The van der Waals surface area contributed by atoms with Gasteiger partial charge in [0.1, 0.15) is 11.8 Å². The number of phenols is 1. The van der Waals surface area contributed by atoms with Crippen LogP contribution in [0.15, 0.2) is 48.5 Å². The molecule has 0 saturated carbocycles. The molecule has 13 heteroatoms. The lowest BCUT2D eigenvalue weighted by molar-refractivity contribution is -0.136. The van der Waals surface area contributed by atoms with Crippen LogP contribution in [-0.2, 0) is 16.1 Å². The van der Waals surface area contributed by atoms with E-state index in [9.17, 15) is 19.5 Å². The summed E-state index contributed by atoms with van der Waals surface area (Å²) in [4.78, 5) is 49.3. The molecule has 0 aliphatic carbocycles. The number of anilines is 2. The van der Waals surface area contributed by atoms with Crippen LogP contribution in [0.4, 0.5) is 11.5 Å². The van der Waals surface area contributed by atoms with E-state index in [-0.39, 0.29) is 29.9 Å². The van der Waals surface area contributed by atoms with Gasteiger partial charge in [-0.15, -0.1) is 10.2 Å². The molecular weight excluding hydrogens is 683 g/mol. The largest absolute Gasteiger partial charge is 0.507 e. The number of fused-ring (bicyclic) bond motifs is 4. The number of piperazine rings is 1. The fraction of sp³-hybridized carbons (Fsp3) is 0.537. The zero-order valence-electron chi connectivity index (χ0n) is 31.0. The van der Waals surface area contributed by atoms with Crippen molar-refractivity contribution in [3.05, 3.63) is 65.2 Å². The maximum Gasteiger partial charge on any atom is 0.255 e. The molecule has 13 nitrogen and oxygen atoms in total. The first-order valence-electron chi connectivity index (χ1n) is 20.0. The second-order valence-electron chi connectivity index (χ2n) is 16.2. The third kappa shape index (κ3) is 7.04. The van der Waals surface area contributed by atoms with Crippen LogP contribution >= 0.6 is 0 Å². The van der Waals surface area contributed by atoms with Gasteiger partial charge < -0.3 is 30.0 Å². The van der Waals surface area contributed by atoms with Gasteiger partial charge in [-0.3, -0.25) is 24.6 Å². The number of aromatic hydroxyl groups is 1. The van der Waals surface area contributed by atoms with Crippen molar-refractivity contribution < 1.29 is 19.5 Å². The molecule has 3 aromatic rings. The molecule has 0 radical (unpaired) electrons. The number of aromatic nitrogens is 2. The number of benzene rings is 2. The topological polar surface area (TPSA) is 137 Å². The van der Waals surface area contributed by atoms with Crippen LogP contribution in [0.3, 0.4) is 0 Å². The van der Waals surface area contributed by atoms with Gasteiger partial charge in [-0.2, -0.15) is 0 Å². The van der Waals surface area contributed by atoms with Gasteiger partial charge in [-0.05, 0) is 106 Å². The zero-order chi connectivity index (χ0) is 36.8. The minimum Gasteiger partial charge on any atom is -0.507 e. The lowest BCUT2D eigenvalue weighted by Crippen LogP contribution is -2.58. The van der Waals surface area contributed by atoms with Crippen LogP contribution in [0.1, 0.15) is 65.9 Å². The number of hydrogen-bond donors (Lipinski definition) is 3. The van der Waals surface area contributed by atoms with Crippen molar-refractivity contribution in [1.29, 1.82) is 0 Å². The molecule has 4 saturated heterocycles. The molecule has 54 heavy (non-hydrogen) atoms. The van der Waals surface area contributed by atoms with E-state index in [2.05, 4.69) is 58.6 Å². The molecule has 284 valence electrons. The summed E-state index contributed by atoms with van der Waals surface area (Å²) in [5, 5.41) is 25.1. The molecule has 2 unspecified atom stereocenters. The number of rotatable bonds is 8. The SMILES string of the molecule is O=C1CCC(N2Cc3cc(C4CCN(CC5CCN(CCN6CCN7c8cc(-c9ccccc9O)nnc8NCC7C6)CC5)CC4)ccc3C2=O)C(=O)N1. The Labute approximate surface area is 316 Å². The molecule has 2 atom stereocenters. The van der Waals surface area contributed by atoms with Gasteiger partial charge in [0.25, 0.3) is 5.91 Å². The molecule has 6 aliphatic rings. The van der Waals surface area contributed by atoms with E-state index in [1.165, 1.54) is 38.0 Å². The fourth-order valence-corrected chi connectivity index (χ4v) is 9.72. The summed E-state index contributed by atoms with van der Waals surface area (Å²) in [6.45, 7) is 12.3. The van der Waals surface area contributed by atoms with Gasteiger partial charge in [0.15, 0.2) is 5.82 Å². The van der Waals surface area contributed by atoms with Crippen LogP contribution in [0.25, 0.3) is 11.3 Å². The molecule has 2 aromatic carbocycles. The van der Waals surface area contributed by atoms with Crippen molar-refractivity contribution in [2.45, 2.75) is 63.1 Å². The van der Waals surface area contributed by atoms with Gasteiger partial charge >= 0.3 is 0 Å². The van der Waals surface area contributed by atoms with Gasteiger partial charge in [0.2, 0.25) is 11.8 Å². The van der Waals surface area contributed by atoms with Crippen molar-refractivity contribution in [2.24, 2.45) is 5.92 Å². The highest BCUT2D eigenvalue weighted by Crippen LogP contribution is 2.37. The number of carbonyl (C=O) groups excluding carboxylic acids is 3. The lowest BCUT2D eigenvalue weighted by Gasteiger charge is -2.46. The van der Waals surface area contributed by atoms with Crippen LogP contribution in [-0.4, -0.2) is 137 Å². The molecular formula is C41H51N9O4. The van der Waals surface area contributed by atoms with Crippen LogP contribution in [0.2, 0.25) is 0 Å². The predicted molar refractivity (Wildman–Crippen MR) is 205 cm³/mol. The highest BCUT2D eigenvalue weighted by Gasteiger charge is 2.40. The maximum atomic E-state index is 13.1. The summed E-state index contributed by atoms with van der Waals surface area (Å²) in [5.41, 5.74) is 5.48. The summed E-state index contributed by atoms with van der Waals surface area (Å²) in [6, 6.07) is 15.5. The van der Waals surface area contributed by atoms with Crippen molar-refractivity contribution in [3.8, 4) is 17.0 Å². The number of nitrogens with one attached hydrogen (secondary N) is 2. The van der Waals surface area contributed by atoms with E-state index in [0.29, 0.717) is 41.7 Å². The highest BCUT2D eigenvalue weighted by atomic mass is 16.3. The first-order chi connectivity index (χ1) is 26.4. The minimum absolute atomic E-state index is 0.101. The van der Waals surface area contributed by atoms with Crippen LogP contribution in [0, 0.1) is 5.92 Å². The molecule has 3 N–H and O–H groups in total. The van der Waals surface area contributed by atoms with E-state index < -0.39 is 6.04 Å².